The topological polar surface area (TPSA) is 59.9 Å². The Morgan fingerprint density at radius 3 is 2.62 bits per heavy atom. The van der Waals surface area contributed by atoms with Gasteiger partial charge in [-0.15, -0.1) is 0 Å². The number of nitrogens with zero attached hydrogens (tertiary/aromatic N) is 2. The van der Waals surface area contributed by atoms with Crippen molar-refractivity contribution < 1.29 is 4.74 Å². The van der Waals surface area contributed by atoms with E-state index in [1.165, 1.54) is 0 Å². The van der Waals surface area contributed by atoms with Gasteiger partial charge in [0.15, 0.2) is 5.65 Å². The number of benzene rings is 1. The summed E-state index contributed by atoms with van der Waals surface area (Å²) in [4.78, 5) is 19.7. The van der Waals surface area contributed by atoms with E-state index in [2.05, 4.69) is 29.6 Å². The third-order valence-corrected chi connectivity index (χ3v) is 5.64. The van der Waals surface area contributed by atoms with Crippen molar-refractivity contribution in [3.05, 3.63) is 58.6 Å². The molecule has 0 aliphatic carbocycles. The molecule has 0 radical (unpaired) electrons. The van der Waals surface area contributed by atoms with Crippen LogP contribution in [-0.2, 0) is 11.3 Å². The highest BCUT2D eigenvalue weighted by Gasteiger charge is 2.14. The van der Waals surface area contributed by atoms with Gasteiger partial charge in [0.25, 0.3) is 0 Å². The lowest BCUT2D eigenvalue weighted by atomic mass is 10.2. The first kappa shape index (κ1) is 16.7. The Hall–Kier alpha value is -2.18. The van der Waals surface area contributed by atoms with Gasteiger partial charge in [-0.25, -0.2) is 14.3 Å². The van der Waals surface area contributed by atoms with E-state index in [4.69, 9.17) is 4.74 Å². The van der Waals surface area contributed by atoms with Gasteiger partial charge in [-0.2, -0.15) is 0 Å². The minimum atomic E-state index is -1.10. The monoisotopic (exact) mass is 341 g/mol. The number of hydrogen-bond donors (Lipinski definition) is 1. The van der Waals surface area contributed by atoms with Crippen LogP contribution in [0.15, 0.2) is 47.4 Å². The molecule has 0 saturated carbocycles. The van der Waals surface area contributed by atoms with Crippen molar-refractivity contribution in [1.29, 1.82) is 0 Å². The Morgan fingerprint density at radius 1 is 1.17 bits per heavy atom. The Labute approximate surface area is 142 Å². The largest absolute Gasteiger partial charge is 0.377 e. The van der Waals surface area contributed by atoms with Gasteiger partial charge in [0.1, 0.15) is 0 Å². The highest BCUT2D eigenvalue weighted by Crippen LogP contribution is 2.18. The van der Waals surface area contributed by atoms with E-state index in [1.54, 1.807) is 10.8 Å². The number of pyridine rings is 1. The van der Waals surface area contributed by atoms with Gasteiger partial charge < -0.3 is 9.72 Å². The molecule has 2 aromatic heterocycles. The number of nitrogens with one attached hydrogen (secondary N) is 1. The molecule has 0 aliphatic heterocycles. The highest BCUT2D eigenvalue weighted by molar-refractivity contribution is 6.76. The van der Waals surface area contributed by atoms with Crippen LogP contribution in [0.5, 0.6) is 0 Å². The summed E-state index contributed by atoms with van der Waals surface area (Å²) in [5.41, 5.74) is 2.97. The van der Waals surface area contributed by atoms with Crippen LogP contribution in [0.1, 0.15) is 5.56 Å². The van der Waals surface area contributed by atoms with Gasteiger partial charge in [0, 0.05) is 26.4 Å². The standard InChI is InChI=1S/C18H23N3O2Si/c1-24(2,3)12-11-23-13-14-9-10-19-17-16(14)20-18(22)21(17)15-7-5-4-6-8-15/h4-10H,11-13H2,1-3H3,(H,20,22). The predicted molar refractivity (Wildman–Crippen MR) is 99.5 cm³/mol. The number of H-pyrrole nitrogens is 1. The second kappa shape index (κ2) is 6.74. The van der Waals surface area contributed by atoms with Crippen molar-refractivity contribution in [1.82, 2.24) is 14.5 Å². The van der Waals surface area contributed by atoms with E-state index in [9.17, 15) is 4.79 Å². The zero-order valence-electron chi connectivity index (χ0n) is 14.4. The maximum atomic E-state index is 12.4. The van der Waals surface area contributed by atoms with Crippen LogP contribution in [0.25, 0.3) is 16.9 Å². The number of imidazole rings is 1. The molecule has 0 bridgehead atoms. The molecule has 2 heterocycles. The van der Waals surface area contributed by atoms with Crippen LogP contribution in [0, 0.1) is 0 Å². The summed E-state index contributed by atoms with van der Waals surface area (Å²) in [5.74, 6) is 0. The molecule has 126 valence electrons. The molecule has 3 rings (SSSR count). The number of hydrogen-bond acceptors (Lipinski definition) is 3. The fraction of sp³-hybridized carbons (Fsp3) is 0.333. The Bertz CT molecular complexity index is 879. The van der Waals surface area contributed by atoms with Crippen molar-refractivity contribution >= 4 is 19.2 Å². The summed E-state index contributed by atoms with van der Waals surface area (Å²) in [6.45, 7) is 8.23. The molecule has 1 aromatic carbocycles. The molecular weight excluding hydrogens is 318 g/mol. The van der Waals surface area contributed by atoms with Crippen LogP contribution in [0.2, 0.25) is 25.7 Å². The number of para-hydroxylation sites is 1. The van der Waals surface area contributed by atoms with E-state index in [0.717, 1.165) is 29.4 Å². The highest BCUT2D eigenvalue weighted by atomic mass is 28.3. The lowest BCUT2D eigenvalue weighted by Gasteiger charge is -2.15. The number of ether oxygens (including phenoxy) is 1. The maximum absolute atomic E-state index is 12.4. The fourth-order valence-electron chi connectivity index (χ4n) is 2.55. The van der Waals surface area contributed by atoms with Crippen LogP contribution in [0.4, 0.5) is 0 Å². The smallest absolute Gasteiger partial charge is 0.332 e. The number of aromatic nitrogens is 3. The Kier molecular flexibility index (Phi) is 4.68. The van der Waals surface area contributed by atoms with Gasteiger partial charge in [-0.1, -0.05) is 37.8 Å². The molecule has 3 aromatic rings. The first-order valence-electron chi connectivity index (χ1n) is 8.17. The van der Waals surface area contributed by atoms with Crippen LogP contribution in [-0.4, -0.2) is 29.2 Å². The lowest BCUT2D eigenvalue weighted by Crippen LogP contribution is -2.21. The molecule has 5 nitrogen and oxygen atoms in total. The molecule has 0 amide bonds. The van der Waals surface area contributed by atoms with E-state index in [1.807, 2.05) is 36.4 Å². The SMILES string of the molecule is C[Si](C)(C)CCOCc1ccnc2c1[nH]c(=O)n2-c1ccccc1. The summed E-state index contributed by atoms with van der Waals surface area (Å²) in [6.07, 6.45) is 1.73. The summed E-state index contributed by atoms with van der Waals surface area (Å²) in [7, 11) is -1.10. The molecule has 6 heteroatoms. The summed E-state index contributed by atoms with van der Waals surface area (Å²) < 4.78 is 7.43. The molecule has 0 unspecified atom stereocenters. The fourth-order valence-corrected chi connectivity index (χ4v) is 3.31. The number of fused-ring (bicyclic) bond motifs is 1. The van der Waals surface area contributed by atoms with Gasteiger partial charge >= 0.3 is 5.69 Å². The molecule has 0 aliphatic rings. The van der Waals surface area contributed by atoms with Crippen LogP contribution >= 0.6 is 0 Å². The normalized spacial score (nSPS) is 12.0. The predicted octanol–water partition coefficient (Wildman–Crippen LogP) is 3.57. The first-order valence-corrected chi connectivity index (χ1v) is 11.9. The van der Waals surface area contributed by atoms with E-state index >= 15 is 0 Å². The average molecular weight is 341 g/mol. The average Bonchev–Trinajstić information content (AvgIpc) is 2.88. The van der Waals surface area contributed by atoms with Gasteiger partial charge in [0.2, 0.25) is 0 Å². The van der Waals surface area contributed by atoms with E-state index in [-0.39, 0.29) is 5.69 Å². The molecule has 0 spiro atoms. The zero-order valence-corrected chi connectivity index (χ0v) is 15.4. The zero-order chi connectivity index (χ0) is 17.2. The third kappa shape index (κ3) is 3.65. The second-order valence-electron chi connectivity index (χ2n) is 7.13. The van der Waals surface area contributed by atoms with Crippen molar-refractivity contribution in [3.8, 4) is 5.69 Å². The van der Waals surface area contributed by atoms with Crippen LogP contribution < -0.4 is 5.69 Å². The van der Waals surface area contributed by atoms with Crippen LogP contribution in [0.3, 0.4) is 0 Å². The van der Waals surface area contributed by atoms with Crippen molar-refractivity contribution in [2.45, 2.75) is 32.3 Å². The number of rotatable bonds is 6. The Balaban J connectivity index is 1.88. The molecule has 0 saturated heterocycles. The summed E-state index contributed by atoms with van der Waals surface area (Å²) in [6, 6.07) is 12.6. The Morgan fingerprint density at radius 2 is 1.92 bits per heavy atom. The minimum Gasteiger partial charge on any atom is -0.377 e. The number of aromatic amines is 1. The maximum Gasteiger partial charge on any atom is 0.332 e. The van der Waals surface area contributed by atoms with E-state index in [0.29, 0.717) is 12.3 Å². The summed E-state index contributed by atoms with van der Waals surface area (Å²) >= 11 is 0. The summed E-state index contributed by atoms with van der Waals surface area (Å²) in [5, 5.41) is 0. The molecule has 0 fully saturated rings. The molecule has 24 heavy (non-hydrogen) atoms. The lowest BCUT2D eigenvalue weighted by molar-refractivity contribution is 0.134. The van der Waals surface area contributed by atoms with E-state index < -0.39 is 8.07 Å². The second-order valence-corrected chi connectivity index (χ2v) is 12.8. The van der Waals surface area contributed by atoms with Gasteiger partial charge in [-0.3, -0.25) is 0 Å². The minimum absolute atomic E-state index is 0.182. The van der Waals surface area contributed by atoms with Gasteiger partial charge in [0.05, 0.1) is 17.8 Å². The quantitative estimate of drug-likeness (QED) is 0.551. The van der Waals surface area contributed by atoms with Crippen molar-refractivity contribution in [3.63, 3.8) is 0 Å². The molecular formula is C18H23N3O2Si. The van der Waals surface area contributed by atoms with Crippen molar-refractivity contribution in [2.75, 3.05) is 6.61 Å². The first-order chi connectivity index (χ1) is 11.5. The van der Waals surface area contributed by atoms with Crippen molar-refractivity contribution in [2.24, 2.45) is 0 Å². The molecule has 1 N–H and O–H groups in total. The van der Waals surface area contributed by atoms with Gasteiger partial charge in [-0.05, 0) is 24.2 Å². The third-order valence-electron chi connectivity index (χ3n) is 3.93. The molecule has 0 atom stereocenters.